The zero-order valence-corrected chi connectivity index (χ0v) is 20.0. The molecule has 2 aromatic heterocycles. The van der Waals surface area contributed by atoms with Gasteiger partial charge in [0.1, 0.15) is 5.69 Å². The van der Waals surface area contributed by atoms with Gasteiger partial charge in [-0.05, 0) is 45.0 Å². The van der Waals surface area contributed by atoms with Gasteiger partial charge in [0, 0.05) is 43.8 Å². The first kappa shape index (κ1) is 22.9. The maximum absolute atomic E-state index is 13.4. The molecule has 0 saturated carbocycles. The van der Waals surface area contributed by atoms with Gasteiger partial charge in [0.2, 0.25) is 10.0 Å². The maximum Gasteiger partial charge on any atom is 0.272 e. The SMILES string of the molecule is CCS(=O)(=O)Nn1c(C(=O)N2CCN(c3ncccc3NC(C)C)CC2)cc2ccccc21. The Morgan fingerprint density at radius 3 is 2.52 bits per heavy atom. The van der Waals surface area contributed by atoms with Crippen molar-refractivity contribution in [1.82, 2.24) is 14.6 Å². The Morgan fingerprint density at radius 1 is 1.09 bits per heavy atom. The molecule has 1 aliphatic rings. The average molecular weight is 471 g/mol. The van der Waals surface area contributed by atoms with Crippen LogP contribution in [-0.2, 0) is 10.0 Å². The van der Waals surface area contributed by atoms with Crippen LogP contribution in [0.1, 0.15) is 31.3 Å². The van der Waals surface area contributed by atoms with Gasteiger partial charge in [-0.15, -0.1) is 0 Å². The van der Waals surface area contributed by atoms with E-state index in [1.807, 2.05) is 30.3 Å². The highest BCUT2D eigenvalue weighted by Crippen LogP contribution is 2.26. The molecule has 1 aliphatic heterocycles. The van der Waals surface area contributed by atoms with Crippen molar-refractivity contribution >= 4 is 38.3 Å². The molecule has 1 saturated heterocycles. The van der Waals surface area contributed by atoms with Crippen molar-refractivity contribution in [2.75, 3.05) is 47.0 Å². The van der Waals surface area contributed by atoms with Gasteiger partial charge in [-0.1, -0.05) is 18.2 Å². The monoisotopic (exact) mass is 470 g/mol. The van der Waals surface area contributed by atoms with Crippen LogP contribution in [0, 0.1) is 0 Å². The number of sulfonamides is 1. The van der Waals surface area contributed by atoms with Crippen LogP contribution in [0.4, 0.5) is 11.5 Å². The lowest BCUT2D eigenvalue weighted by Crippen LogP contribution is -2.49. The molecule has 176 valence electrons. The van der Waals surface area contributed by atoms with Gasteiger partial charge in [-0.3, -0.25) is 4.79 Å². The Hall–Kier alpha value is -3.27. The van der Waals surface area contributed by atoms with Crippen molar-refractivity contribution in [2.45, 2.75) is 26.8 Å². The fourth-order valence-electron chi connectivity index (χ4n) is 3.97. The fraction of sp³-hybridized carbons (Fsp3) is 0.391. The second-order valence-corrected chi connectivity index (χ2v) is 10.4. The predicted molar refractivity (Wildman–Crippen MR) is 132 cm³/mol. The Morgan fingerprint density at radius 2 is 1.82 bits per heavy atom. The van der Waals surface area contributed by atoms with Gasteiger partial charge in [0.05, 0.1) is 17.0 Å². The van der Waals surface area contributed by atoms with Crippen LogP contribution < -0.4 is 15.0 Å². The molecular formula is C23H30N6O3S. The van der Waals surface area contributed by atoms with E-state index in [-0.39, 0.29) is 17.7 Å². The van der Waals surface area contributed by atoms with Crippen molar-refractivity contribution in [1.29, 1.82) is 0 Å². The van der Waals surface area contributed by atoms with Crippen molar-refractivity contribution in [3.63, 3.8) is 0 Å². The second-order valence-electron chi connectivity index (χ2n) is 8.37. The molecule has 1 aromatic carbocycles. The third-order valence-corrected chi connectivity index (χ3v) is 6.86. The zero-order valence-electron chi connectivity index (χ0n) is 19.2. The molecule has 0 aliphatic carbocycles. The first-order valence-corrected chi connectivity index (χ1v) is 12.8. The number of hydrogen-bond donors (Lipinski definition) is 2. The molecule has 3 heterocycles. The third kappa shape index (κ3) is 4.90. The Bertz CT molecular complexity index is 1250. The van der Waals surface area contributed by atoms with Crippen molar-refractivity contribution in [2.24, 2.45) is 0 Å². The Labute approximate surface area is 194 Å². The quantitative estimate of drug-likeness (QED) is 0.551. The van der Waals surface area contributed by atoms with Crippen LogP contribution in [0.15, 0.2) is 48.7 Å². The first-order valence-electron chi connectivity index (χ1n) is 11.2. The normalized spacial score (nSPS) is 14.7. The van der Waals surface area contributed by atoms with Gasteiger partial charge in [-0.2, -0.15) is 0 Å². The molecule has 0 bridgehead atoms. The number of nitrogens with zero attached hydrogens (tertiary/aromatic N) is 4. The van der Waals surface area contributed by atoms with Gasteiger partial charge in [-0.25, -0.2) is 22.9 Å². The highest BCUT2D eigenvalue weighted by Gasteiger charge is 2.27. The number of pyridine rings is 1. The van der Waals surface area contributed by atoms with Crippen LogP contribution in [-0.4, -0.2) is 66.9 Å². The summed E-state index contributed by atoms with van der Waals surface area (Å²) in [4.78, 5) is 24.5. The standard InChI is InChI=1S/C23H30N6O3S/c1-4-33(31,32)26-29-20-10-6-5-8-18(20)16-21(29)23(30)28-14-12-27(13-15-28)22-19(25-17(2)3)9-7-11-24-22/h5-11,16-17,25-26H,4,12-15H2,1-3H3. The smallest absolute Gasteiger partial charge is 0.272 e. The van der Waals surface area contributed by atoms with Crippen LogP contribution in [0.3, 0.4) is 0 Å². The van der Waals surface area contributed by atoms with Crippen LogP contribution >= 0.6 is 0 Å². The number of fused-ring (bicyclic) bond motifs is 1. The summed E-state index contributed by atoms with van der Waals surface area (Å²) in [5.74, 6) is 0.595. The van der Waals surface area contributed by atoms with E-state index < -0.39 is 10.0 Å². The van der Waals surface area contributed by atoms with E-state index in [9.17, 15) is 13.2 Å². The van der Waals surface area contributed by atoms with E-state index in [1.54, 1.807) is 30.2 Å². The number of para-hydroxylation sites is 1. The van der Waals surface area contributed by atoms with Crippen molar-refractivity contribution in [3.05, 3.63) is 54.4 Å². The number of rotatable bonds is 7. The Balaban J connectivity index is 1.55. The minimum atomic E-state index is -3.56. The molecule has 0 unspecified atom stereocenters. The largest absolute Gasteiger partial charge is 0.380 e. The Kier molecular flexibility index (Phi) is 6.46. The molecule has 2 N–H and O–H groups in total. The summed E-state index contributed by atoms with van der Waals surface area (Å²) in [6.45, 7) is 8.03. The summed E-state index contributed by atoms with van der Waals surface area (Å²) < 4.78 is 26.0. The van der Waals surface area contributed by atoms with E-state index in [4.69, 9.17) is 0 Å². The average Bonchev–Trinajstić information content (AvgIpc) is 3.16. The van der Waals surface area contributed by atoms with Crippen LogP contribution in [0.25, 0.3) is 10.9 Å². The minimum absolute atomic E-state index is 0.0807. The lowest BCUT2D eigenvalue weighted by molar-refractivity contribution is 0.0738. The molecule has 1 fully saturated rings. The first-order chi connectivity index (χ1) is 15.8. The van der Waals surface area contributed by atoms with E-state index in [2.05, 4.69) is 33.9 Å². The zero-order chi connectivity index (χ0) is 23.6. The molecule has 0 atom stereocenters. The summed E-state index contributed by atoms with van der Waals surface area (Å²) >= 11 is 0. The van der Waals surface area contributed by atoms with E-state index >= 15 is 0 Å². The topological polar surface area (TPSA) is 99.6 Å². The minimum Gasteiger partial charge on any atom is -0.380 e. The predicted octanol–water partition coefficient (Wildman–Crippen LogP) is 2.71. The van der Waals surface area contributed by atoms with Gasteiger partial charge in [0.15, 0.2) is 5.82 Å². The number of aromatic nitrogens is 2. The number of carbonyl (C=O) groups excluding carboxylic acids is 1. The third-order valence-electron chi connectivity index (χ3n) is 5.64. The van der Waals surface area contributed by atoms with Crippen LogP contribution in [0.5, 0.6) is 0 Å². The summed E-state index contributed by atoms with van der Waals surface area (Å²) in [7, 11) is -3.56. The molecular weight excluding hydrogens is 440 g/mol. The molecule has 9 nitrogen and oxygen atoms in total. The molecule has 1 amide bonds. The number of amides is 1. The summed E-state index contributed by atoms with van der Waals surface area (Å²) in [5.41, 5.74) is 1.93. The van der Waals surface area contributed by atoms with Crippen molar-refractivity contribution < 1.29 is 13.2 Å². The lowest BCUT2D eigenvalue weighted by atomic mass is 10.2. The molecule has 10 heteroatoms. The fourth-order valence-corrected chi connectivity index (χ4v) is 4.57. The van der Waals surface area contributed by atoms with Gasteiger partial charge in [0.25, 0.3) is 5.91 Å². The second kappa shape index (κ2) is 9.30. The number of anilines is 2. The molecule has 0 radical (unpaired) electrons. The summed E-state index contributed by atoms with van der Waals surface area (Å²) in [5, 5.41) is 4.23. The van der Waals surface area contributed by atoms with Crippen LogP contribution in [0.2, 0.25) is 0 Å². The summed E-state index contributed by atoms with van der Waals surface area (Å²) in [6.07, 6.45) is 1.77. The number of carbonyl (C=O) groups is 1. The maximum atomic E-state index is 13.4. The van der Waals surface area contributed by atoms with Crippen molar-refractivity contribution in [3.8, 4) is 0 Å². The molecule has 33 heavy (non-hydrogen) atoms. The van der Waals surface area contributed by atoms with E-state index in [1.165, 1.54) is 4.68 Å². The summed E-state index contributed by atoms with van der Waals surface area (Å²) in [6, 6.07) is 13.3. The molecule has 3 aromatic rings. The van der Waals surface area contributed by atoms with E-state index in [0.717, 1.165) is 16.9 Å². The number of piperazine rings is 1. The van der Waals surface area contributed by atoms with Gasteiger partial charge >= 0.3 is 0 Å². The highest BCUT2D eigenvalue weighted by atomic mass is 32.2. The molecule has 4 rings (SSSR count). The number of nitrogens with one attached hydrogen (secondary N) is 2. The number of hydrogen-bond acceptors (Lipinski definition) is 6. The highest BCUT2D eigenvalue weighted by molar-refractivity contribution is 7.92. The number of benzene rings is 1. The van der Waals surface area contributed by atoms with E-state index in [0.29, 0.717) is 37.4 Å². The lowest BCUT2D eigenvalue weighted by Gasteiger charge is -2.36. The van der Waals surface area contributed by atoms with Gasteiger partial charge < -0.3 is 15.1 Å². The molecule has 0 spiro atoms.